The Morgan fingerprint density at radius 3 is 2.33 bits per heavy atom. The van der Waals surface area contributed by atoms with Crippen molar-refractivity contribution in [3.8, 4) is 5.75 Å². The Balaban J connectivity index is 2.88. The van der Waals surface area contributed by atoms with E-state index in [-0.39, 0.29) is 18.5 Å². The van der Waals surface area contributed by atoms with Crippen LogP contribution in [0.1, 0.15) is 5.56 Å². The highest BCUT2D eigenvalue weighted by Crippen LogP contribution is 2.22. The third-order valence-corrected chi connectivity index (χ3v) is 1.85. The summed E-state index contributed by atoms with van der Waals surface area (Å²) in [5, 5.41) is 10.1. The van der Waals surface area contributed by atoms with Gasteiger partial charge in [0.1, 0.15) is 0 Å². The van der Waals surface area contributed by atoms with Crippen LogP contribution in [0.15, 0.2) is 12.1 Å². The van der Waals surface area contributed by atoms with Crippen LogP contribution in [0.3, 0.4) is 0 Å². The molecule has 15 heavy (non-hydrogen) atoms. The van der Waals surface area contributed by atoms with E-state index in [1.54, 1.807) is 0 Å². The first-order chi connectivity index (χ1) is 7.04. The number of hydrogen-bond acceptors (Lipinski definition) is 3. The molecule has 0 heterocycles. The van der Waals surface area contributed by atoms with Gasteiger partial charge in [-0.2, -0.15) is 0 Å². The zero-order valence-corrected chi connectivity index (χ0v) is 8.00. The minimum absolute atomic E-state index is 0.00909. The largest absolute Gasteiger partial charge is 0.491 e. The summed E-state index contributed by atoms with van der Waals surface area (Å²) in [7, 11) is 1.15. The van der Waals surface area contributed by atoms with E-state index in [1.165, 1.54) is 0 Å². The molecule has 1 aromatic carbocycles. The number of ether oxygens (including phenoxy) is 1. The van der Waals surface area contributed by atoms with Gasteiger partial charge in [-0.05, 0) is 17.7 Å². The lowest BCUT2D eigenvalue weighted by molar-refractivity contribution is -0.479. The predicted molar refractivity (Wildman–Crippen MR) is 48.5 cm³/mol. The molecule has 0 fully saturated rings. The SMILES string of the molecule is COc1c(F)cc(CC[N+](=O)[O-])cc1F. The standard InChI is InChI=1S/C9H9F2NO3/c1-15-9-7(10)4-6(5-8(9)11)2-3-12(13)14/h4-5H,2-3H2,1H3. The number of methoxy groups -OCH3 is 1. The predicted octanol–water partition coefficient (Wildman–Crippen LogP) is 1.79. The Hall–Kier alpha value is -1.72. The summed E-state index contributed by atoms with van der Waals surface area (Å²) in [6, 6.07) is 2.07. The average Bonchev–Trinajstić information content (AvgIpc) is 2.14. The van der Waals surface area contributed by atoms with Crippen LogP contribution >= 0.6 is 0 Å². The third-order valence-electron chi connectivity index (χ3n) is 1.85. The van der Waals surface area contributed by atoms with Crippen LogP contribution in [-0.4, -0.2) is 18.6 Å². The molecular weight excluding hydrogens is 208 g/mol. The van der Waals surface area contributed by atoms with E-state index < -0.39 is 22.3 Å². The van der Waals surface area contributed by atoms with Gasteiger partial charge in [-0.1, -0.05) is 0 Å². The highest BCUT2D eigenvalue weighted by molar-refractivity contribution is 5.31. The topological polar surface area (TPSA) is 52.4 Å². The summed E-state index contributed by atoms with van der Waals surface area (Å²) in [4.78, 5) is 9.52. The minimum Gasteiger partial charge on any atom is -0.491 e. The van der Waals surface area contributed by atoms with Crippen LogP contribution in [0.4, 0.5) is 8.78 Å². The summed E-state index contributed by atoms with van der Waals surface area (Å²) >= 11 is 0. The fourth-order valence-corrected chi connectivity index (χ4v) is 1.17. The molecule has 0 saturated heterocycles. The van der Waals surface area contributed by atoms with E-state index in [1.807, 2.05) is 0 Å². The quantitative estimate of drug-likeness (QED) is 0.570. The van der Waals surface area contributed by atoms with Gasteiger partial charge in [0, 0.05) is 11.3 Å². The maximum atomic E-state index is 13.1. The van der Waals surface area contributed by atoms with Gasteiger partial charge in [0.15, 0.2) is 17.4 Å². The van der Waals surface area contributed by atoms with Crippen molar-refractivity contribution >= 4 is 0 Å². The molecule has 0 amide bonds. The molecule has 82 valence electrons. The van der Waals surface area contributed by atoms with Crippen LogP contribution in [0.5, 0.6) is 5.75 Å². The molecule has 0 spiro atoms. The van der Waals surface area contributed by atoms with Crippen molar-refractivity contribution in [2.75, 3.05) is 13.7 Å². The van der Waals surface area contributed by atoms with Crippen molar-refractivity contribution in [2.24, 2.45) is 0 Å². The molecule has 0 bridgehead atoms. The molecular formula is C9H9F2NO3. The monoisotopic (exact) mass is 217 g/mol. The summed E-state index contributed by atoms with van der Waals surface area (Å²) in [5.74, 6) is -2.17. The molecule has 0 aliphatic rings. The van der Waals surface area contributed by atoms with Gasteiger partial charge in [-0.15, -0.1) is 0 Å². The Morgan fingerprint density at radius 1 is 1.40 bits per heavy atom. The lowest BCUT2D eigenvalue weighted by Crippen LogP contribution is -2.05. The van der Waals surface area contributed by atoms with Gasteiger partial charge in [0.25, 0.3) is 0 Å². The van der Waals surface area contributed by atoms with Gasteiger partial charge < -0.3 is 4.74 Å². The van der Waals surface area contributed by atoms with Crippen LogP contribution in [-0.2, 0) is 6.42 Å². The lowest BCUT2D eigenvalue weighted by atomic mass is 10.1. The van der Waals surface area contributed by atoms with Gasteiger partial charge in [0.2, 0.25) is 6.54 Å². The summed E-state index contributed by atoms with van der Waals surface area (Å²) in [6.07, 6.45) is -0.00909. The van der Waals surface area contributed by atoms with E-state index in [0.717, 1.165) is 19.2 Å². The Bertz CT molecular complexity index is 359. The normalized spacial score (nSPS) is 10.1. The van der Waals surface area contributed by atoms with Crippen LogP contribution in [0.25, 0.3) is 0 Å². The fourth-order valence-electron chi connectivity index (χ4n) is 1.17. The van der Waals surface area contributed by atoms with Crippen molar-refractivity contribution in [3.05, 3.63) is 39.4 Å². The number of hydrogen-bond donors (Lipinski definition) is 0. The fraction of sp³-hybridized carbons (Fsp3) is 0.333. The molecule has 0 aromatic heterocycles. The number of rotatable bonds is 4. The minimum atomic E-state index is -0.851. The Kier molecular flexibility index (Phi) is 3.54. The van der Waals surface area contributed by atoms with E-state index in [0.29, 0.717) is 0 Å². The van der Waals surface area contributed by atoms with Crippen molar-refractivity contribution < 1.29 is 18.4 Å². The van der Waals surface area contributed by atoms with Crippen molar-refractivity contribution in [2.45, 2.75) is 6.42 Å². The summed E-state index contributed by atoms with van der Waals surface area (Å²) < 4.78 is 30.7. The van der Waals surface area contributed by atoms with Gasteiger partial charge >= 0.3 is 0 Å². The first-order valence-electron chi connectivity index (χ1n) is 4.18. The van der Waals surface area contributed by atoms with Crippen LogP contribution in [0.2, 0.25) is 0 Å². The first kappa shape index (κ1) is 11.4. The van der Waals surface area contributed by atoms with E-state index in [4.69, 9.17) is 0 Å². The molecule has 0 radical (unpaired) electrons. The van der Waals surface area contributed by atoms with Gasteiger partial charge in [-0.25, -0.2) is 8.78 Å². The molecule has 6 heteroatoms. The van der Waals surface area contributed by atoms with Gasteiger partial charge in [-0.3, -0.25) is 10.1 Å². The molecule has 0 N–H and O–H groups in total. The maximum absolute atomic E-state index is 13.1. The molecule has 0 atom stereocenters. The molecule has 1 rings (SSSR count). The highest BCUT2D eigenvalue weighted by Gasteiger charge is 2.12. The maximum Gasteiger partial charge on any atom is 0.207 e. The van der Waals surface area contributed by atoms with Gasteiger partial charge in [0.05, 0.1) is 7.11 Å². The van der Waals surface area contributed by atoms with E-state index >= 15 is 0 Å². The Labute approximate surface area is 84.6 Å². The van der Waals surface area contributed by atoms with E-state index in [2.05, 4.69) is 4.74 Å². The number of halogens is 2. The Morgan fingerprint density at radius 2 is 1.93 bits per heavy atom. The van der Waals surface area contributed by atoms with Crippen LogP contribution in [0, 0.1) is 21.7 Å². The molecule has 4 nitrogen and oxygen atoms in total. The third kappa shape index (κ3) is 2.87. The second kappa shape index (κ2) is 4.68. The van der Waals surface area contributed by atoms with Crippen molar-refractivity contribution in [1.29, 1.82) is 0 Å². The van der Waals surface area contributed by atoms with Crippen molar-refractivity contribution in [1.82, 2.24) is 0 Å². The molecule has 0 aliphatic heterocycles. The van der Waals surface area contributed by atoms with Crippen LogP contribution < -0.4 is 4.74 Å². The summed E-state index contributed by atoms with van der Waals surface area (Å²) in [6.45, 7) is -0.356. The molecule has 0 unspecified atom stereocenters. The second-order valence-electron chi connectivity index (χ2n) is 2.90. The number of nitrogens with zero attached hydrogens (tertiary/aromatic N) is 1. The zero-order chi connectivity index (χ0) is 11.4. The van der Waals surface area contributed by atoms with Crippen molar-refractivity contribution in [3.63, 3.8) is 0 Å². The first-order valence-corrected chi connectivity index (χ1v) is 4.18. The molecule has 0 saturated carbocycles. The summed E-state index contributed by atoms with van der Waals surface area (Å²) in [5.41, 5.74) is 0.238. The molecule has 0 aliphatic carbocycles. The highest BCUT2D eigenvalue weighted by atomic mass is 19.1. The molecule has 1 aromatic rings. The number of benzene rings is 1. The lowest BCUT2D eigenvalue weighted by Gasteiger charge is -2.05. The number of nitro groups is 1. The van der Waals surface area contributed by atoms with E-state index in [9.17, 15) is 18.9 Å². The zero-order valence-electron chi connectivity index (χ0n) is 8.00. The smallest absolute Gasteiger partial charge is 0.207 e. The average molecular weight is 217 g/mol. The second-order valence-corrected chi connectivity index (χ2v) is 2.90.